The van der Waals surface area contributed by atoms with Crippen molar-refractivity contribution in [2.45, 2.75) is 52.0 Å². The van der Waals surface area contributed by atoms with Gasteiger partial charge in [0, 0.05) is 6.04 Å². The van der Waals surface area contributed by atoms with Gasteiger partial charge in [-0.2, -0.15) is 0 Å². The van der Waals surface area contributed by atoms with Crippen molar-refractivity contribution in [2.24, 2.45) is 5.73 Å². The van der Waals surface area contributed by atoms with Crippen LogP contribution < -0.4 is 11.1 Å². The van der Waals surface area contributed by atoms with Crippen LogP contribution in [0.5, 0.6) is 0 Å². The topological polar surface area (TPSA) is 72.2 Å². The molecule has 0 aliphatic heterocycles. The second kappa shape index (κ2) is 12.7. The Morgan fingerprint density at radius 1 is 1.25 bits per heavy atom. The van der Waals surface area contributed by atoms with E-state index in [-0.39, 0.29) is 5.24 Å². The molecule has 16 heavy (non-hydrogen) atoms. The monoisotopic (exact) mass is 266 g/mol. The number of thiol groups is 2. The third-order valence-electron chi connectivity index (χ3n) is 1.98. The highest BCUT2D eigenvalue weighted by Gasteiger charge is 2.06. The van der Waals surface area contributed by atoms with Crippen LogP contribution in [-0.2, 0) is 0 Å². The highest BCUT2D eigenvalue weighted by molar-refractivity contribution is 7.96. The summed E-state index contributed by atoms with van der Waals surface area (Å²) in [7, 11) is 0. The number of primary amides is 1. The molecular weight excluding hydrogens is 244 g/mol. The van der Waals surface area contributed by atoms with E-state index in [1.807, 2.05) is 0 Å². The van der Waals surface area contributed by atoms with Crippen LogP contribution in [0.15, 0.2) is 0 Å². The zero-order valence-electron chi connectivity index (χ0n) is 9.90. The van der Waals surface area contributed by atoms with Crippen molar-refractivity contribution in [3.8, 4) is 0 Å². The number of unbranched alkanes of at least 4 members (excludes halogenated alkanes) is 2. The quantitative estimate of drug-likeness (QED) is 0.441. The summed E-state index contributed by atoms with van der Waals surface area (Å²) >= 11 is 6.79. The summed E-state index contributed by atoms with van der Waals surface area (Å²) in [5, 5.41) is 1.96. The largest absolute Gasteiger partial charge is 0.361 e. The molecule has 1 atom stereocenters. The van der Waals surface area contributed by atoms with Crippen LogP contribution in [0, 0.1) is 0 Å². The van der Waals surface area contributed by atoms with Gasteiger partial charge < -0.3 is 11.1 Å². The molecule has 0 aliphatic rings. The van der Waals surface area contributed by atoms with Crippen LogP contribution in [0.25, 0.3) is 0 Å². The summed E-state index contributed by atoms with van der Waals surface area (Å²) in [6.07, 6.45) is 5.75. The lowest BCUT2D eigenvalue weighted by Gasteiger charge is -2.14. The van der Waals surface area contributed by atoms with Gasteiger partial charge in [0.1, 0.15) is 0 Å². The molecule has 6 heteroatoms. The Balaban J connectivity index is 0. The van der Waals surface area contributed by atoms with Gasteiger partial charge >= 0.3 is 0 Å². The fraction of sp³-hybridized carbons (Fsp3) is 0.800. The lowest BCUT2D eigenvalue weighted by atomic mass is 10.1. The standard InChI is InChI=1S/C9H19NOS.CH3NOS/c1-3-5-6-7-8(4-2)10-9(11)12;2-1(3)4/h8H,3-7H2,1-2H3,(H2,10,11,12);(H3,2,3,4). The van der Waals surface area contributed by atoms with Gasteiger partial charge in [-0.25, -0.2) is 0 Å². The molecule has 0 heterocycles. The SMILES string of the molecule is CCCCCC(CC)NC(=O)S.NC(=O)S. The molecule has 0 aromatic heterocycles. The Morgan fingerprint density at radius 2 is 1.75 bits per heavy atom. The molecule has 1 unspecified atom stereocenters. The highest BCUT2D eigenvalue weighted by Crippen LogP contribution is 2.06. The van der Waals surface area contributed by atoms with E-state index in [1.165, 1.54) is 19.3 Å². The minimum atomic E-state index is -0.639. The second-order valence-corrected chi connectivity index (χ2v) is 4.24. The number of amides is 2. The van der Waals surface area contributed by atoms with Gasteiger partial charge in [0.2, 0.25) is 0 Å². The van der Waals surface area contributed by atoms with Gasteiger partial charge in [-0.1, -0.05) is 58.4 Å². The molecule has 96 valence electrons. The Kier molecular flexibility index (Phi) is 14.3. The van der Waals surface area contributed by atoms with Gasteiger partial charge in [-0.15, -0.1) is 0 Å². The van der Waals surface area contributed by atoms with E-state index in [0.29, 0.717) is 6.04 Å². The van der Waals surface area contributed by atoms with Crippen LogP contribution >= 0.6 is 25.3 Å². The molecule has 2 amide bonds. The lowest BCUT2D eigenvalue weighted by Crippen LogP contribution is -2.30. The summed E-state index contributed by atoms with van der Waals surface area (Å²) in [6, 6.07) is 0.321. The summed E-state index contributed by atoms with van der Waals surface area (Å²) in [5.74, 6) is 0. The minimum absolute atomic E-state index is 0.210. The zero-order chi connectivity index (χ0) is 13.0. The van der Waals surface area contributed by atoms with Crippen molar-refractivity contribution in [3.63, 3.8) is 0 Å². The van der Waals surface area contributed by atoms with E-state index in [4.69, 9.17) is 4.79 Å². The van der Waals surface area contributed by atoms with Gasteiger partial charge in [-0.05, 0) is 12.8 Å². The number of nitrogens with two attached hydrogens (primary N) is 1. The van der Waals surface area contributed by atoms with Crippen LogP contribution in [-0.4, -0.2) is 16.5 Å². The fourth-order valence-electron chi connectivity index (χ4n) is 1.19. The maximum atomic E-state index is 10.6. The summed E-state index contributed by atoms with van der Waals surface area (Å²) < 4.78 is 0. The number of hydrogen-bond acceptors (Lipinski definition) is 2. The number of carbonyl (C=O) groups excluding carboxylic acids is 2. The van der Waals surface area contributed by atoms with Crippen molar-refractivity contribution < 1.29 is 9.59 Å². The van der Waals surface area contributed by atoms with E-state index < -0.39 is 5.24 Å². The average Bonchev–Trinajstić information content (AvgIpc) is 2.15. The Bertz CT molecular complexity index is 197. The van der Waals surface area contributed by atoms with E-state index in [0.717, 1.165) is 12.8 Å². The maximum Gasteiger partial charge on any atom is 0.276 e. The Labute approximate surface area is 109 Å². The molecule has 0 spiro atoms. The maximum absolute atomic E-state index is 10.6. The first kappa shape index (κ1) is 18.0. The predicted molar refractivity (Wildman–Crippen MR) is 74.3 cm³/mol. The first-order valence-corrected chi connectivity index (χ1v) is 6.31. The van der Waals surface area contributed by atoms with E-state index >= 15 is 0 Å². The molecule has 0 bridgehead atoms. The Hall–Kier alpha value is -0.360. The van der Waals surface area contributed by atoms with Crippen molar-refractivity contribution in [2.75, 3.05) is 0 Å². The smallest absolute Gasteiger partial charge is 0.276 e. The number of nitrogens with one attached hydrogen (secondary N) is 1. The second-order valence-electron chi connectivity index (χ2n) is 3.39. The molecule has 0 radical (unpaired) electrons. The molecule has 0 aromatic carbocycles. The molecule has 0 saturated carbocycles. The normalized spacial score (nSPS) is 11.0. The number of rotatable bonds is 6. The summed E-state index contributed by atoms with van der Waals surface area (Å²) in [6.45, 7) is 4.26. The first-order chi connectivity index (χ1) is 7.43. The predicted octanol–water partition coefficient (Wildman–Crippen LogP) is 2.98. The molecule has 0 fully saturated rings. The lowest BCUT2D eigenvalue weighted by molar-refractivity contribution is 0.256. The third-order valence-corrected chi connectivity index (χ3v) is 2.11. The summed E-state index contributed by atoms with van der Waals surface area (Å²) in [5.41, 5.74) is 4.34. The molecule has 0 aliphatic carbocycles. The Morgan fingerprint density at radius 3 is 2.06 bits per heavy atom. The first-order valence-electron chi connectivity index (χ1n) is 5.41. The third kappa shape index (κ3) is 19.2. The van der Waals surface area contributed by atoms with E-state index in [9.17, 15) is 4.79 Å². The number of hydrogen-bond donors (Lipinski definition) is 4. The molecule has 0 aromatic rings. The summed E-state index contributed by atoms with van der Waals surface area (Å²) in [4.78, 5) is 19.7. The van der Waals surface area contributed by atoms with Crippen molar-refractivity contribution in [1.29, 1.82) is 0 Å². The number of carbonyl (C=O) groups is 2. The molecule has 0 rings (SSSR count). The van der Waals surface area contributed by atoms with Crippen molar-refractivity contribution >= 4 is 35.7 Å². The van der Waals surface area contributed by atoms with Crippen molar-refractivity contribution in [3.05, 3.63) is 0 Å². The fourth-order valence-corrected chi connectivity index (χ4v) is 1.38. The average molecular weight is 266 g/mol. The van der Waals surface area contributed by atoms with E-state index in [1.54, 1.807) is 0 Å². The van der Waals surface area contributed by atoms with Crippen LogP contribution in [0.1, 0.15) is 46.0 Å². The van der Waals surface area contributed by atoms with Gasteiger partial charge in [0.25, 0.3) is 10.5 Å². The van der Waals surface area contributed by atoms with Crippen LogP contribution in [0.2, 0.25) is 0 Å². The van der Waals surface area contributed by atoms with Crippen LogP contribution in [0.4, 0.5) is 9.59 Å². The van der Waals surface area contributed by atoms with Gasteiger partial charge in [0.15, 0.2) is 0 Å². The zero-order valence-corrected chi connectivity index (χ0v) is 11.7. The van der Waals surface area contributed by atoms with E-state index in [2.05, 4.69) is 50.2 Å². The minimum Gasteiger partial charge on any atom is -0.361 e. The van der Waals surface area contributed by atoms with Gasteiger partial charge in [-0.3, -0.25) is 9.59 Å². The van der Waals surface area contributed by atoms with Crippen molar-refractivity contribution in [1.82, 2.24) is 5.32 Å². The van der Waals surface area contributed by atoms with Gasteiger partial charge in [0.05, 0.1) is 0 Å². The van der Waals surface area contributed by atoms with Crippen LogP contribution in [0.3, 0.4) is 0 Å². The molecule has 4 nitrogen and oxygen atoms in total. The molecule has 0 saturated heterocycles. The highest BCUT2D eigenvalue weighted by atomic mass is 32.1. The molecule has 3 N–H and O–H groups in total. The molecular formula is C10H22N2O2S2.